The molecule has 0 N–H and O–H groups in total. The number of methoxy groups -OCH3 is 1. The van der Waals surface area contributed by atoms with Crippen molar-refractivity contribution in [1.29, 1.82) is 0 Å². The Labute approximate surface area is 74.3 Å². The molecule has 11 heavy (non-hydrogen) atoms. The van der Waals surface area contributed by atoms with Crippen molar-refractivity contribution < 1.29 is 9.47 Å². The number of benzene rings is 1. The highest BCUT2D eigenvalue weighted by atomic mass is 79.9. The lowest BCUT2D eigenvalue weighted by atomic mass is 10.3. The van der Waals surface area contributed by atoms with Crippen molar-refractivity contribution in [3.8, 4) is 5.75 Å². The van der Waals surface area contributed by atoms with E-state index in [2.05, 4.69) is 15.9 Å². The zero-order chi connectivity index (χ0) is 8.10. The zero-order valence-electron chi connectivity index (χ0n) is 6.21. The molecule has 1 aromatic carbocycles. The van der Waals surface area contributed by atoms with Crippen LogP contribution in [-0.4, -0.2) is 13.9 Å². The number of halogens is 1. The first-order chi connectivity index (χ1) is 5.34. The molecule has 60 valence electrons. The van der Waals surface area contributed by atoms with E-state index in [9.17, 15) is 0 Å². The molecule has 0 saturated heterocycles. The summed E-state index contributed by atoms with van der Waals surface area (Å²) in [5.41, 5.74) is 0. The maximum Gasteiger partial charge on any atom is 0.188 e. The van der Waals surface area contributed by atoms with E-state index >= 15 is 0 Å². The highest BCUT2D eigenvalue weighted by Crippen LogP contribution is 2.23. The van der Waals surface area contributed by atoms with Crippen LogP contribution >= 0.6 is 15.9 Å². The van der Waals surface area contributed by atoms with E-state index in [4.69, 9.17) is 9.47 Å². The minimum Gasteiger partial charge on any atom is -0.466 e. The van der Waals surface area contributed by atoms with Gasteiger partial charge in [0.25, 0.3) is 0 Å². The van der Waals surface area contributed by atoms with Crippen molar-refractivity contribution in [3.63, 3.8) is 0 Å². The summed E-state index contributed by atoms with van der Waals surface area (Å²) < 4.78 is 10.9. The molecule has 0 atom stereocenters. The average Bonchev–Trinajstić information content (AvgIpc) is 2.03. The normalized spacial score (nSPS) is 9.64. The summed E-state index contributed by atoms with van der Waals surface area (Å²) in [6.07, 6.45) is 0. The molecular weight excluding hydrogens is 208 g/mol. The van der Waals surface area contributed by atoms with Crippen LogP contribution in [0.3, 0.4) is 0 Å². The number of para-hydroxylation sites is 1. The standard InChI is InChI=1S/C8H9BrO2/c1-10-6-11-8-5-3-2-4-7(8)9/h2-5H,6H2,1H3. The molecule has 0 bridgehead atoms. The molecular formula is C8H9BrO2. The monoisotopic (exact) mass is 216 g/mol. The van der Waals surface area contributed by atoms with Gasteiger partial charge in [0.2, 0.25) is 0 Å². The van der Waals surface area contributed by atoms with Crippen LogP contribution < -0.4 is 4.74 Å². The van der Waals surface area contributed by atoms with E-state index in [-0.39, 0.29) is 6.79 Å². The van der Waals surface area contributed by atoms with Crippen LogP contribution in [0, 0.1) is 0 Å². The van der Waals surface area contributed by atoms with Crippen molar-refractivity contribution >= 4 is 15.9 Å². The summed E-state index contributed by atoms with van der Waals surface area (Å²) in [6.45, 7) is 0.280. The molecule has 0 unspecified atom stereocenters. The van der Waals surface area contributed by atoms with Crippen LogP contribution in [-0.2, 0) is 4.74 Å². The Hall–Kier alpha value is -0.540. The highest BCUT2D eigenvalue weighted by Gasteiger charge is 1.96. The van der Waals surface area contributed by atoms with Gasteiger partial charge >= 0.3 is 0 Å². The fourth-order valence-electron chi connectivity index (χ4n) is 0.684. The second-order valence-electron chi connectivity index (χ2n) is 1.98. The Morgan fingerprint density at radius 3 is 2.73 bits per heavy atom. The molecule has 2 nitrogen and oxygen atoms in total. The van der Waals surface area contributed by atoms with Gasteiger partial charge in [-0.2, -0.15) is 0 Å². The Morgan fingerprint density at radius 2 is 2.09 bits per heavy atom. The molecule has 0 radical (unpaired) electrons. The molecule has 0 amide bonds. The molecule has 0 aliphatic rings. The van der Waals surface area contributed by atoms with Crippen LogP contribution in [0.25, 0.3) is 0 Å². The van der Waals surface area contributed by atoms with Crippen molar-refractivity contribution in [3.05, 3.63) is 28.7 Å². The van der Waals surface area contributed by atoms with Crippen LogP contribution in [0.1, 0.15) is 0 Å². The summed E-state index contributed by atoms with van der Waals surface area (Å²) in [7, 11) is 1.59. The fourth-order valence-corrected chi connectivity index (χ4v) is 1.08. The summed E-state index contributed by atoms with van der Waals surface area (Å²) in [5, 5.41) is 0. The molecule has 0 heterocycles. The van der Waals surface area contributed by atoms with Crippen molar-refractivity contribution in [2.75, 3.05) is 13.9 Å². The molecule has 0 aliphatic carbocycles. The fraction of sp³-hybridized carbons (Fsp3) is 0.250. The van der Waals surface area contributed by atoms with E-state index in [1.165, 1.54) is 0 Å². The van der Waals surface area contributed by atoms with Gasteiger partial charge in [-0.3, -0.25) is 0 Å². The Morgan fingerprint density at radius 1 is 1.36 bits per heavy atom. The maximum absolute atomic E-state index is 5.22. The molecule has 0 saturated carbocycles. The van der Waals surface area contributed by atoms with Crippen LogP contribution in [0.2, 0.25) is 0 Å². The quantitative estimate of drug-likeness (QED) is 0.724. The first-order valence-corrected chi connectivity index (χ1v) is 4.00. The molecule has 1 rings (SSSR count). The number of hydrogen-bond acceptors (Lipinski definition) is 2. The van der Waals surface area contributed by atoms with Gasteiger partial charge in [-0.15, -0.1) is 0 Å². The molecule has 3 heteroatoms. The van der Waals surface area contributed by atoms with Crippen molar-refractivity contribution in [1.82, 2.24) is 0 Å². The highest BCUT2D eigenvalue weighted by molar-refractivity contribution is 9.10. The second-order valence-corrected chi connectivity index (χ2v) is 2.84. The molecule has 1 aromatic rings. The predicted octanol–water partition coefficient (Wildman–Crippen LogP) is 2.43. The SMILES string of the molecule is COCOc1ccccc1Br. The molecule has 0 aliphatic heterocycles. The van der Waals surface area contributed by atoms with E-state index in [0.29, 0.717) is 0 Å². The zero-order valence-corrected chi connectivity index (χ0v) is 7.80. The topological polar surface area (TPSA) is 18.5 Å². The van der Waals surface area contributed by atoms with Crippen molar-refractivity contribution in [2.24, 2.45) is 0 Å². The number of ether oxygens (including phenoxy) is 2. The first kappa shape index (κ1) is 8.56. The van der Waals surface area contributed by atoms with Crippen LogP contribution in [0.15, 0.2) is 28.7 Å². The average molecular weight is 217 g/mol. The van der Waals surface area contributed by atoms with E-state index in [1.54, 1.807) is 7.11 Å². The summed E-state index contributed by atoms with van der Waals surface area (Å²) >= 11 is 3.35. The minimum atomic E-state index is 0.280. The smallest absolute Gasteiger partial charge is 0.188 e. The lowest BCUT2D eigenvalue weighted by Crippen LogP contribution is -1.98. The van der Waals surface area contributed by atoms with Crippen LogP contribution in [0.5, 0.6) is 5.75 Å². The third-order valence-corrected chi connectivity index (χ3v) is 1.82. The van der Waals surface area contributed by atoms with Gasteiger partial charge < -0.3 is 9.47 Å². The van der Waals surface area contributed by atoms with E-state index < -0.39 is 0 Å². The third-order valence-electron chi connectivity index (χ3n) is 1.17. The van der Waals surface area contributed by atoms with Gasteiger partial charge in [0, 0.05) is 7.11 Å². The van der Waals surface area contributed by atoms with Gasteiger partial charge in [-0.1, -0.05) is 12.1 Å². The molecule has 0 fully saturated rings. The lowest BCUT2D eigenvalue weighted by Gasteiger charge is -2.05. The van der Waals surface area contributed by atoms with Gasteiger partial charge in [0.15, 0.2) is 6.79 Å². The third kappa shape index (κ3) is 2.52. The Balaban J connectivity index is 2.62. The van der Waals surface area contributed by atoms with E-state index in [1.807, 2.05) is 24.3 Å². The van der Waals surface area contributed by atoms with E-state index in [0.717, 1.165) is 10.2 Å². The summed E-state index contributed by atoms with van der Waals surface area (Å²) in [4.78, 5) is 0. The first-order valence-electron chi connectivity index (χ1n) is 3.21. The lowest BCUT2D eigenvalue weighted by molar-refractivity contribution is 0.0506. The second kappa shape index (κ2) is 4.36. The number of rotatable bonds is 3. The van der Waals surface area contributed by atoms with Gasteiger partial charge in [0.05, 0.1) is 4.47 Å². The van der Waals surface area contributed by atoms with Gasteiger partial charge in [0.1, 0.15) is 5.75 Å². The van der Waals surface area contributed by atoms with Crippen LogP contribution in [0.4, 0.5) is 0 Å². The predicted molar refractivity (Wildman–Crippen MR) is 46.6 cm³/mol. The Kier molecular flexibility index (Phi) is 3.39. The summed E-state index contributed by atoms with van der Waals surface area (Å²) in [6, 6.07) is 7.65. The van der Waals surface area contributed by atoms with Gasteiger partial charge in [-0.05, 0) is 28.1 Å². The minimum absolute atomic E-state index is 0.280. The van der Waals surface area contributed by atoms with Crippen molar-refractivity contribution in [2.45, 2.75) is 0 Å². The maximum atomic E-state index is 5.22. The largest absolute Gasteiger partial charge is 0.466 e. The van der Waals surface area contributed by atoms with Gasteiger partial charge in [-0.25, -0.2) is 0 Å². The number of hydrogen-bond donors (Lipinski definition) is 0. The Bertz CT molecular complexity index is 225. The molecule has 0 spiro atoms. The molecule has 0 aromatic heterocycles. The summed E-state index contributed by atoms with van der Waals surface area (Å²) in [5.74, 6) is 0.800.